The van der Waals surface area contributed by atoms with Crippen LogP contribution in [0.5, 0.6) is 0 Å². The molecule has 7 nitrogen and oxygen atoms in total. The van der Waals surface area contributed by atoms with E-state index in [1.165, 1.54) is 18.2 Å². The Morgan fingerprint density at radius 1 is 1.38 bits per heavy atom. The summed E-state index contributed by atoms with van der Waals surface area (Å²) in [4.78, 5) is 22.0. The number of rotatable bonds is 8. The van der Waals surface area contributed by atoms with Gasteiger partial charge in [-0.25, -0.2) is 8.42 Å². The maximum Gasteiger partial charge on any atom is 0.321 e. The number of nitrogens with two attached hydrogens (primary N) is 1. The number of nitrogens with one attached hydrogen (secondary N) is 1. The van der Waals surface area contributed by atoms with Crippen LogP contribution in [-0.2, 0) is 14.8 Å². The van der Waals surface area contributed by atoms with Crippen LogP contribution in [0.4, 0.5) is 0 Å². The molecule has 0 spiro atoms. The van der Waals surface area contributed by atoms with Crippen molar-refractivity contribution >= 4 is 21.9 Å². The molecule has 0 bridgehead atoms. The molecule has 116 valence electrons. The van der Waals surface area contributed by atoms with Crippen LogP contribution in [-0.4, -0.2) is 31.4 Å². The highest BCUT2D eigenvalue weighted by Crippen LogP contribution is 2.13. The van der Waals surface area contributed by atoms with Crippen LogP contribution in [0, 0.1) is 0 Å². The number of primary amides is 1. The second-order valence-electron chi connectivity index (χ2n) is 4.55. The maximum atomic E-state index is 12.2. The summed E-state index contributed by atoms with van der Waals surface area (Å²) in [5.41, 5.74) is 5.13. The Kier molecular flexibility index (Phi) is 5.86. The molecule has 0 saturated heterocycles. The Morgan fingerprint density at radius 2 is 2.05 bits per heavy atom. The molecule has 0 heterocycles. The largest absolute Gasteiger partial charge is 0.480 e. The lowest BCUT2D eigenvalue weighted by Gasteiger charge is -2.14. The quantitative estimate of drug-likeness (QED) is 0.651. The van der Waals surface area contributed by atoms with Gasteiger partial charge in [0.1, 0.15) is 6.04 Å². The van der Waals surface area contributed by atoms with E-state index >= 15 is 0 Å². The molecule has 0 radical (unpaired) electrons. The van der Waals surface area contributed by atoms with Gasteiger partial charge in [0.15, 0.2) is 0 Å². The second kappa shape index (κ2) is 7.19. The summed E-state index contributed by atoms with van der Waals surface area (Å²) in [5.74, 6) is -1.99. The van der Waals surface area contributed by atoms with E-state index in [0.717, 1.165) is 12.5 Å². The van der Waals surface area contributed by atoms with Crippen molar-refractivity contribution in [3.63, 3.8) is 0 Å². The average Bonchev–Trinajstić information content (AvgIpc) is 2.43. The summed E-state index contributed by atoms with van der Waals surface area (Å²) in [7, 11) is -4.03. The molecular weight excluding hydrogens is 296 g/mol. The minimum Gasteiger partial charge on any atom is -0.480 e. The Hall–Kier alpha value is -1.93. The molecule has 1 aromatic rings. The lowest BCUT2D eigenvalue weighted by molar-refractivity contribution is -0.139. The van der Waals surface area contributed by atoms with Gasteiger partial charge in [0.25, 0.3) is 0 Å². The molecule has 0 unspecified atom stereocenters. The zero-order valence-corrected chi connectivity index (χ0v) is 12.4. The average molecular weight is 314 g/mol. The molecule has 0 aliphatic rings. The van der Waals surface area contributed by atoms with Gasteiger partial charge in [0.05, 0.1) is 4.90 Å². The van der Waals surface area contributed by atoms with Gasteiger partial charge in [-0.2, -0.15) is 4.72 Å². The summed E-state index contributed by atoms with van der Waals surface area (Å²) in [6.07, 6.45) is 1.53. The third kappa shape index (κ3) is 4.83. The number of unbranched alkanes of at least 4 members (excludes halogenated alkanes) is 1. The predicted octanol–water partition coefficient (Wildman–Crippen LogP) is 0.707. The number of carbonyl (C=O) groups excluding carboxylic acids is 1. The molecule has 0 saturated carbocycles. The molecule has 0 aromatic heterocycles. The molecule has 21 heavy (non-hydrogen) atoms. The zero-order chi connectivity index (χ0) is 16.0. The van der Waals surface area contributed by atoms with Crippen molar-refractivity contribution in [3.05, 3.63) is 29.8 Å². The van der Waals surface area contributed by atoms with E-state index in [2.05, 4.69) is 4.72 Å². The van der Waals surface area contributed by atoms with Gasteiger partial charge >= 0.3 is 5.97 Å². The Bertz CT molecular complexity index is 627. The fourth-order valence-corrected chi connectivity index (χ4v) is 2.98. The van der Waals surface area contributed by atoms with Crippen LogP contribution in [0.2, 0.25) is 0 Å². The lowest BCUT2D eigenvalue weighted by atomic mass is 10.1. The maximum absolute atomic E-state index is 12.2. The summed E-state index contributed by atoms with van der Waals surface area (Å²) in [6.45, 7) is 1.88. The first-order valence-electron chi connectivity index (χ1n) is 6.43. The smallest absolute Gasteiger partial charge is 0.321 e. The van der Waals surface area contributed by atoms with Crippen LogP contribution < -0.4 is 10.5 Å². The van der Waals surface area contributed by atoms with Crippen LogP contribution in [0.1, 0.15) is 36.5 Å². The van der Waals surface area contributed by atoms with Crippen molar-refractivity contribution in [1.82, 2.24) is 4.72 Å². The number of hydrogen-bond donors (Lipinski definition) is 3. The van der Waals surface area contributed by atoms with Gasteiger partial charge in [-0.1, -0.05) is 25.8 Å². The molecule has 0 fully saturated rings. The highest BCUT2D eigenvalue weighted by molar-refractivity contribution is 7.89. The Labute approximate surface area is 123 Å². The van der Waals surface area contributed by atoms with E-state index < -0.39 is 27.9 Å². The number of aliphatic carboxylic acids is 1. The normalized spacial score (nSPS) is 12.8. The van der Waals surface area contributed by atoms with Gasteiger partial charge < -0.3 is 10.8 Å². The molecule has 4 N–H and O–H groups in total. The number of sulfonamides is 1. The number of carbonyl (C=O) groups is 2. The van der Waals surface area contributed by atoms with Crippen molar-refractivity contribution < 1.29 is 23.1 Å². The fraction of sp³-hybridized carbons (Fsp3) is 0.385. The first kappa shape index (κ1) is 17.1. The van der Waals surface area contributed by atoms with E-state index in [-0.39, 0.29) is 16.9 Å². The second-order valence-corrected chi connectivity index (χ2v) is 6.26. The summed E-state index contributed by atoms with van der Waals surface area (Å²) in [5, 5.41) is 9.05. The monoisotopic (exact) mass is 314 g/mol. The Balaban J connectivity index is 3.01. The van der Waals surface area contributed by atoms with Crippen molar-refractivity contribution in [2.24, 2.45) is 5.73 Å². The molecule has 0 aliphatic carbocycles. The summed E-state index contributed by atoms with van der Waals surface area (Å²) >= 11 is 0. The first-order chi connectivity index (χ1) is 9.77. The highest BCUT2D eigenvalue weighted by Gasteiger charge is 2.25. The van der Waals surface area contributed by atoms with Gasteiger partial charge in [-0.15, -0.1) is 0 Å². The third-order valence-electron chi connectivity index (χ3n) is 2.87. The molecular formula is C13H18N2O5S. The lowest BCUT2D eigenvalue weighted by Crippen LogP contribution is -2.40. The van der Waals surface area contributed by atoms with E-state index in [4.69, 9.17) is 10.8 Å². The standard InChI is InChI=1S/C13H18N2O5S/c1-2-3-7-11(13(17)18)15-21(19,20)10-6-4-5-9(8-10)12(14)16/h4-6,8,11,15H,2-3,7H2,1H3,(H2,14,16)(H,17,18)/t11-/m0/s1. The molecule has 1 amide bonds. The van der Waals surface area contributed by atoms with Crippen molar-refractivity contribution in [2.45, 2.75) is 37.1 Å². The van der Waals surface area contributed by atoms with E-state index in [1.54, 1.807) is 0 Å². The Morgan fingerprint density at radius 3 is 2.57 bits per heavy atom. The number of amides is 1. The summed E-state index contributed by atoms with van der Waals surface area (Å²) < 4.78 is 26.4. The minimum absolute atomic E-state index is 0.0401. The van der Waals surface area contributed by atoms with Crippen LogP contribution >= 0.6 is 0 Å². The van der Waals surface area contributed by atoms with Crippen LogP contribution in [0.3, 0.4) is 0 Å². The van der Waals surface area contributed by atoms with Gasteiger partial charge in [0, 0.05) is 5.56 Å². The number of benzene rings is 1. The van der Waals surface area contributed by atoms with Crippen molar-refractivity contribution in [2.75, 3.05) is 0 Å². The van der Waals surface area contributed by atoms with Crippen molar-refractivity contribution in [1.29, 1.82) is 0 Å². The predicted molar refractivity (Wildman–Crippen MR) is 76.2 cm³/mol. The molecule has 1 rings (SSSR count). The summed E-state index contributed by atoms with van der Waals surface area (Å²) in [6, 6.07) is 3.94. The van der Waals surface area contributed by atoms with Crippen LogP contribution in [0.15, 0.2) is 29.2 Å². The highest BCUT2D eigenvalue weighted by atomic mass is 32.2. The molecule has 1 aromatic carbocycles. The molecule has 8 heteroatoms. The number of carboxylic acids is 1. The number of carboxylic acid groups (broad SMARTS) is 1. The minimum atomic E-state index is -4.03. The van der Waals surface area contributed by atoms with Gasteiger partial charge in [0.2, 0.25) is 15.9 Å². The van der Waals surface area contributed by atoms with Gasteiger partial charge in [-0.05, 0) is 24.6 Å². The van der Waals surface area contributed by atoms with E-state index in [9.17, 15) is 18.0 Å². The van der Waals surface area contributed by atoms with Crippen molar-refractivity contribution in [3.8, 4) is 0 Å². The third-order valence-corrected chi connectivity index (χ3v) is 4.34. The fourth-order valence-electron chi connectivity index (χ4n) is 1.71. The molecule has 0 aliphatic heterocycles. The van der Waals surface area contributed by atoms with E-state index in [0.29, 0.717) is 6.42 Å². The SMILES string of the molecule is CCCC[C@H](NS(=O)(=O)c1cccc(C(N)=O)c1)C(=O)O. The topological polar surface area (TPSA) is 127 Å². The first-order valence-corrected chi connectivity index (χ1v) is 7.91. The number of hydrogen-bond acceptors (Lipinski definition) is 4. The van der Waals surface area contributed by atoms with E-state index in [1.807, 2.05) is 6.92 Å². The molecule has 1 atom stereocenters. The zero-order valence-electron chi connectivity index (χ0n) is 11.6. The van der Waals surface area contributed by atoms with Gasteiger partial charge in [-0.3, -0.25) is 9.59 Å². The van der Waals surface area contributed by atoms with Crippen LogP contribution in [0.25, 0.3) is 0 Å².